The zero-order chi connectivity index (χ0) is 29.9. The van der Waals surface area contributed by atoms with Crippen molar-refractivity contribution in [3.8, 4) is 0 Å². The molecule has 1 heteroatoms. The van der Waals surface area contributed by atoms with Crippen molar-refractivity contribution in [2.45, 2.75) is 189 Å². The Labute approximate surface area is 266 Å². The second-order valence-corrected chi connectivity index (χ2v) is 17.6. The lowest BCUT2D eigenvalue weighted by Crippen LogP contribution is -2.38. The standard InChI is InChI=1S/3C10H16.C5H12.C4H10.C2H6B/c3*1-7-2-9-4-8(1)5-10(3-7)6-9;1-3-5-4-2;1-3-4-2;1-3-2/h3*7-10H,1-6H2;3-5H2,1-2H3;3-4H2,1-2H3;1-2H3. The van der Waals surface area contributed by atoms with Crippen LogP contribution in [0.4, 0.5) is 0 Å². The third kappa shape index (κ3) is 10.9. The van der Waals surface area contributed by atoms with Crippen LogP contribution in [0.1, 0.15) is 175 Å². The largest absolute Gasteiger partial charge is 0.102 e. The molecule has 0 heterocycles. The molecule has 0 aromatic heterocycles. The van der Waals surface area contributed by atoms with Gasteiger partial charge in [-0.2, -0.15) is 0 Å². The highest BCUT2D eigenvalue weighted by Crippen LogP contribution is 2.55. The summed E-state index contributed by atoms with van der Waals surface area (Å²) < 4.78 is 0. The topological polar surface area (TPSA) is 0 Å². The van der Waals surface area contributed by atoms with Crippen LogP contribution in [0.25, 0.3) is 0 Å². The molecule has 42 heavy (non-hydrogen) atoms. The minimum Gasteiger partial charge on any atom is -0.0922 e. The van der Waals surface area contributed by atoms with Gasteiger partial charge in [0, 0.05) is 0 Å². The second-order valence-electron chi connectivity index (χ2n) is 17.6. The third-order valence-corrected chi connectivity index (χ3v) is 13.2. The van der Waals surface area contributed by atoms with Crippen LogP contribution in [0.3, 0.4) is 0 Å². The fraction of sp³-hybridized carbons (Fsp3) is 1.00. The first-order chi connectivity index (χ1) is 20.4. The molecular formula is C41H76B. The Morgan fingerprint density at radius 2 is 0.405 bits per heavy atom. The summed E-state index contributed by atoms with van der Waals surface area (Å²) in [5, 5.41) is 0. The summed E-state index contributed by atoms with van der Waals surface area (Å²) in [4.78, 5) is 0. The summed E-state index contributed by atoms with van der Waals surface area (Å²) in [6.07, 6.45) is 35.6. The second kappa shape index (κ2) is 18.3. The van der Waals surface area contributed by atoms with E-state index in [0.29, 0.717) is 0 Å². The monoisotopic (exact) mass is 580 g/mol. The summed E-state index contributed by atoms with van der Waals surface area (Å²) in [5.41, 5.74) is 0. The molecule has 0 spiro atoms. The number of hydrogen-bond donors (Lipinski definition) is 0. The van der Waals surface area contributed by atoms with Gasteiger partial charge in [0.05, 0.1) is 0 Å². The van der Waals surface area contributed by atoms with Gasteiger partial charge in [-0.1, -0.05) is 73.4 Å². The first-order valence-electron chi connectivity index (χ1n) is 20.2. The van der Waals surface area contributed by atoms with E-state index in [-0.39, 0.29) is 0 Å². The van der Waals surface area contributed by atoms with E-state index in [4.69, 9.17) is 0 Å². The molecular weight excluding hydrogens is 503 g/mol. The molecule has 12 fully saturated rings. The molecule has 12 bridgehead atoms. The van der Waals surface area contributed by atoms with Crippen LogP contribution in [0.2, 0.25) is 13.6 Å². The van der Waals surface area contributed by atoms with Crippen LogP contribution in [-0.2, 0) is 0 Å². The highest BCUT2D eigenvalue weighted by Gasteiger charge is 2.43. The van der Waals surface area contributed by atoms with E-state index in [1.807, 2.05) is 20.9 Å². The fourth-order valence-corrected chi connectivity index (χ4v) is 12.3. The number of unbranched alkanes of at least 4 members (excludes halogenated alkanes) is 3. The molecule has 0 nitrogen and oxygen atoms in total. The molecule has 243 valence electrons. The van der Waals surface area contributed by atoms with E-state index in [0.717, 1.165) is 0 Å². The summed E-state index contributed by atoms with van der Waals surface area (Å²) in [6, 6.07) is 0. The van der Waals surface area contributed by atoms with Gasteiger partial charge in [-0.05, 0) is 187 Å². The average molecular weight is 580 g/mol. The summed E-state index contributed by atoms with van der Waals surface area (Å²) in [7, 11) is 2.00. The fourth-order valence-electron chi connectivity index (χ4n) is 12.3. The minimum atomic E-state index is 1.18. The minimum absolute atomic E-state index is 1.18. The van der Waals surface area contributed by atoms with Gasteiger partial charge in [-0.3, -0.25) is 0 Å². The van der Waals surface area contributed by atoms with Gasteiger partial charge in [-0.25, -0.2) is 0 Å². The summed E-state index contributed by atoms with van der Waals surface area (Å²) in [6.45, 7) is 12.8. The molecule has 0 saturated heterocycles. The Hall–Kier alpha value is 0.0649. The van der Waals surface area contributed by atoms with Gasteiger partial charge in [0.1, 0.15) is 7.28 Å². The van der Waals surface area contributed by atoms with Crippen LogP contribution in [0.5, 0.6) is 0 Å². The molecule has 12 aliphatic rings. The number of hydrogen-bond acceptors (Lipinski definition) is 0. The summed E-state index contributed by atoms with van der Waals surface area (Å²) >= 11 is 0. The molecule has 1 radical (unpaired) electrons. The van der Waals surface area contributed by atoms with Crippen LogP contribution >= 0.6 is 0 Å². The van der Waals surface area contributed by atoms with Gasteiger partial charge in [0.2, 0.25) is 0 Å². The Bertz CT molecular complexity index is 450. The van der Waals surface area contributed by atoms with Crippen LogP contribution < -0.4 is 0 Å². The molecule has 0 amide bonds. The molecule has 0 aromatic carbocycles. The lowest BCUT2D eigenvalue weighted by molar-refractivity contribution is 0.0197. The lowest BCUT2D eigenvalue weighted by atomic mass is 9.56. The van der Waals surface area contributed by atoms with E-state index in [9.17, 15) is 0 Å². The highest BCUT2D eigenvalue weighted by atomic mass is 14.5. The zero-order valence-electron chi connectivity index (χ0n) is 29.8. The van der Waals surface area contributed by atoms with Gasteiger partial charge in [-0.15, -0.1) is 0 Å². The Morgan fingerprint density at radius 3 is 0.452 bits per heavy atom. The van der Waals surface area contributed by atoms with Crippen LogP contribution in [-0.4, -0.2) is 7.28 Å². The van der Waals surface area contributed by atoms with Crippen LogP contribution in [0.15, 0.2) is 0 Å². The van der Waals surface area contributed by atoms with Crippen molar-refractivity contribution in [1.29, 1.82) is 0 Å². The molecule has 12 aliphatic carbocycles. The first-order valence-corrected chi connectivity index (χ1v) is 20.2. The quantitative estimate of drug-likeness (QED) is 0.292. The molecule has 0 aliphatic heterocycles. The van der Waals surface area contributed by atoms with Gasteiger partial charge in [0.15, 0.2) is 0 Å². The lowest BCUT2D eigenvalue weighted by Gasteiger charge is -2.49. The molecule has 0 atom stereocenters. The van der Waals surface area contributed by atoms with E-state index in [2.05, 4.69) is 27.7 Å². The Balaban J connectivity index is 0.000000123. The van der Waals surface area contributed by atoms with Gasteiger partial charge < -0.3 is 0 Å². The maximum atomic E-state index is 2.21. The maximum Gasteiger partial charge on any atom is 0.102 e. The molecule has 0 unspecified atom stereocenters. The van der Waals surface area contributed by atoms with E-state index in [1.54, 1.807) is 116 Å². The van der Waals surface area contributed by atoms with Crippen molar-refractivity contribution in [2.75, 3.05) is 0 Å². The molecule has 12 saturated carbocycles. The third-order valence-electron chi connectivity index (χ3n) is 13.2. The van der Waals surface area contributed by atoms with Crippen molar-refractivity contribution in [3.63, 3.8) is 0 Å². The predicted octanol–water partition coefficient (Wildman–Crippen LogP) is 13.3. The first kappa shape index (κ1) is 34.9. The SMILES string of the molecule is C1C2CC3CC1CC(C2)C3.C1C2CC3CC1CC(C2)C3.C1C2CC3CC1CC(C2)C3.CCCC.CCCCC.C[B]C. The van der Waals surface area contributed by atoms with Crippen molar-refractivity contribution in [2.24, 2.45) is 71.0 Å². The van der Waals surface area contributed by atoms with E-state index >= 15 is 0 Å². The van der Waals surface area contributed by atoms with E-state index < -0.39 is 0 Å². The van der Waals surface area contributed by atoms with Gasteiger partial charge >= 0.3 is 0 Å². The van der Waals surface area contributed by atoms with Crippen molar-refractivity contribution >= 4 is 7.28 Å². The molecule has 0 N–H and O–H groups in total. The predicted molar refractivity (Wildman–Crippen MR) is 188 cm³/mol. The van der Waals surface area contributed by atoms with Crippen molar-refractivity contribution < 1.29 is 0 Å². The zero-order valence-corrected chi connectivity index (χ0v) is 29.8. The van der Waals surface area contributed by atoms with E-state index in [1.165, 1.54) is 103 Å². The average Bonchev–Trinajstić information content (AvgIpc) is 2.93. The van der Waals surface area contributed by atoms with Crippen molar-refractivity contribution in [3.05, 3.63) is 0 Å². The van der Waals surface area contributed by atoms with Crippen LogP contribution in [0, 0.1) is 71.0 Å². The normalized spacial score (nSPS) is 43.2. The highest BCUT2D eigenvalue weighted by molar-refractivity contribution is 6.31. The molecule has 12 rings (SSSR count). The summed E-state index contributed by atoms with van der Waals surface area (Å²) in [5.74, 6) is 14.1. The molecule has 0 aromatic rings. The Morgan fingerprint density at radius 1 is 0.286 bits per heavy atom. The smallest absolute Gasteiger partial charge is 0.0922 e. The maximum absolute atomic E-state index is 2.21. The van der Waals surface area contributed by atoms with Gasteiger partial charge in [0.25, 0.3) is 0 Å². The number of rotatable bonds is 3. The Kier molecular flexibility index (Phi) is 15.2. The van der Waals surface area contributed by atoms with Crippen molar-refractivity contribution in [1.82, 2.24) is 0 Å².